The van der Waals surface area contributed by atoms with E-state index in [0.717, 1.165) is 19.1 Å². The molecule has 1 aliphatic rings. The standard InChI is InChI=1S/C14H30N2O/c1-5-10-15-12-6-8-13(9-7-12)16(4)11-14(2,3)17/h12-13,15,17H,5-11H2,1-4H3. The molecule has 1 rings (SSSR count). The average Bonchev–Trinajstić information content (AvgIpc) is 2.24. The molecule has 0 saturated heterocycles. The summed E-state index contributed by atoms with van der Waals surface area (Å²) < 4.78 is 0. The van der Waals surface area contributed by atoms with Crippen molar-refractivity contribution in [2.45, 2.75) is 70.6 Å². The predicted molar refractivity (Wildman–Crippen MR) is 73.3 cm³/mol. The van der Waals surface area contributed by atoms with E-state index in [9.17, 15) is 5.11 Å². The van der Waals surface area contributed by atoms with Crippen molar-refractivity contribution in [1.82, 2.24) is 10.2 Å². The SMILES string of the molecule is CCCNC1CCC(N(C)CC(C)(C)O)CC1. The molecular weight excluding hydrogens is 212 g/mol. The highest BCUT2D eigenvalue weighted by Gasteiger charge is 2.26. The monoisotopic (exact) mass is 242 g/mol. The van der Waals surface area contributed by atoms with Gasteiger partial charge in [0, 0.05) is 18.6 Å². The fourth-order valence-corrected chi connectivity index (χ4v) is 2.81. The molecule has 0 aliphatic heterocycles. The zero-order valence-corrected chi connectivity index (χ0v) is 12.0. The van der Waals surface area contributed by atoms with Crippen molar-refractivity contribution in [3.8, 4) is 0 Å². The molecule has 3 nitrogen and oxygen atoms in total. The number of likely N-dealkylation sites (N-methyl/N-ethyl adjacent to an activating group) is 1. The van der Waals surface area contributed by atoms with Crippen LogP contribution in [0.2, 0.25) is 0 Å². The number of nitrogens with zero attached hydrogens (tertiary/aromatic N) is 1. The largest absolute Gasteiger partial charge is 0.389 e. The Kier molecular flexibility index (Phi) is 5.90. The second kappa shape index (κ2) is 6.72. The van der Waals surface area contributed by atoms with E-state index in [1.165, 1.54) is 32.1 Å². The first-order valence-electron chi connectivity index (χ1n) is 7.08. The van der Waals surface area contributed by atoms with Crippen molar-refractivity contribution < 1.29 is 5.11 Å². The quantitative estimate of drug-likeness (QED) is 0.748. The van der Waals surface area contributed by atoms with Crippen LogP contribution in [0.25, 0.3) is 0 Å². The van der Waals surface area contributed by atoms with Gasteiger partial charge in [0.25, 0.3) is 0 Å². The molecule has 0 unspecified atom stereocenters. The summed E-state index contributed by atoms with van der Waals surface area (Å²) in [6, 6.07) is 1.38. The van der Waals surface area contributed by atoms with Crippen LogP contribution in [0, 0.1) is 0 Å². The molecule has 0 aromatic heterocycles. The Morgan fingerprint density at radius 1 is 1.24 bits per heavy atom. The number of nitrogens with one attached hydrogen (secondary N) is 1. The lowest BCUT2D eigenvalue weighted by molar-refractivity contribution is 0.0238. The van der Waals surface area contributed by atoms with Gasteiger partial charge in [-0.1, -0.05) is 6.92 Å². The highest BCUT2D eigenvalue weighted by atomic mass is 16.3. The van der Waals surface area contributed by atoms with E-state index >= 15 is 0 Å². The number of hydrogen-bond donors (Lipinski definition) is 2. The van der Waals surface area contributed by atoms with E-state index in [1.54, 1.807) is 0 Å². The van der Waals surface area contributed by atoms with Crippen LogP contribution in [-0.4, -0.2) is 47.8 Å². The molecule has 0 atom stereocenters. The molecule has 17 heavy (non-hydrogen) atoms. The van der Waals surface area contributed by atoms with Gasteiger partial charge in [-0.05, 0) is 59.5 Å². The lowest BCUT2D eigenvalue weighted by Crippen LogP contribution is -2.45. The summed E-state index contributed by atoms with van der Waals surface area (Å²) in [5.74, 6) is 0. The Hall–Kier alpha value is -0.120. The van der Waals surface area contributed by atoms with Crippen molar-refractivity contribution in [1.29, 1.82) is 0 Å². The smallest absolute Gasteiger partial charge is 0.0718 e. The Morgan fingerprint density at radius 3 is 2.29 bits per heavy atom. The zero-order valence-electron chi connectivity index (χ0n) is 12.0. The van der Waals surface area contributed by atoms with Crippen LogP contribution in [0.3, 0.4) is 0 Å². The van der Waals surface area contributed by atoms with Crippen LogP contribution < -0.4 is 5.32 Å². The van der Waals surface area contributed by atoms with Gasteiger partial charge in [0.15, 0.2) is 0 Å². The summed E-state index contributed by atoms with van der Waals surface area (Å²) in [6.07, 6.45) is 6.29. The lowest BCUT2D eigenvalue weighted by atomic mass is 9.89. The second-order valence-corrected chi connectivity index (χ2v) is 6.19. The minimum absolute atomic E-state index is 0.577. The summed E-state index contributed by atoms with van der Waals surface area (Å²) in [4.78, 5) is 2.33. The molecule has 0 bridgehead atoms. The Bertz CT molecular complexity index is 205. The van der Waals surface area contributed by atoms with E-state index in [0.29, 0.717) is 6.04 Å². The zero-order chi connectivity index (χ0) is 12.9. The summed E-state index contributed by atoms with van der Waals surface area (Å²) in [7, 11) is 2.14. The van der Waals surface area contributed by atoms with E-state index in [4.69, 9.17) is 0 Å². The fourth-order valence-electron chi connectivity index (χ4n) is 2.81. The molecule has 1 fully saturated rings. The molecule has 1 aliphatic carbocycles. The molecule has 2 N–H and O–H groups in total. The van der Waals surface area contributed by atoms with Crippen LogP contribution in [0.4, 0.5) is 0 Å². The highest BCUT2D eigenvalue weighted by molar-refractivity contribution is 4.83. The van der Waals surface area contributed by atoms with Gasteiger partial charge in [-0.3, -0.25) is 0 Å². The van der Waals surface area contributed by atoms with Gasteiger partial charge in [-0.15, -0.1) is 0 Å². The maximum Gasteiger partial charge on any atom is 0.0718 e. The fraction of sp³-hybridized carbons (Fsp3) is 1.00. The molecule has 0 aromatic carbocycles. The van der Waals surface area contributed by atoms with Gasteiger partial charge in [0.1, 0.15) is 0 Å². The molecule has 0 aromatic rings. The highest BCUT2D eigenvalue weighted by Crippen LogP contribution is 2.23. The summed E-state index contributed by atoms with van der Waals surface area (Å²) in [5.41, 5.74) is -0.577. The third kappa shape index (κ3) is 5.84. The topological polar surface area (TPSA) is 35.5 Å². The van der Waals surface area contributed by atoms with Crippen molar-refractivity contribution >= 4 is 0 Å². The maximum absolute atomic E-state index is 9.83. The second-order valence-electron chi connectivity index (χ2n) is 6.19. The molecule has 0 spiro atoms. The number of hydrogen-bond acceptors (Lipinski definition) is 3. The van der Waals surface area contributed by atoms with Gasteiger partial charge >= 0.3 is 0 Å². The molecule has 102 valence electrons. The molecule has 0 heterocycles. The van der Waals surface area contributed by atoms with Crippen LogP contribution in [0.1, 0.15) is 52.9 Å². The van der Waals surface area contributed by atoms with Gasteiger partial charge < -0.3 is 15.3 Å². The maximum atomic E-state index is 9.83. The Balaban J connectivity index is 2.26. The molecule has 0 amide bonds. The van der Waals surface area contributed by atoms with Crippen LogP contribution in [-0.2, 0) is 0 Å². The van der Waals surface area contributed by atoms with Crippen LogP contribution in [0.5, 0.6) is 0 Å². The summed E-state index contributed by atoms with van der Waals surface area (Å²) >= 11 is 0. The van der Waals surface area contributed by atoms with E-state index in [1.807, 2.05) is 13.8 Å². The number of aliphatic hydroxyl groups is 1. The Morgan fingerprint density at radius 2 is 1.82 bits per heavy atom. The van der Waals surface area contributed by atoms with Crippen molar-refractivity contribution in [3.05, 3.63) is 0 Å². The van der Waals surface area contributed by atoms with E-state index < -0.39 is 5.60 Å². The van der Waals surface area contributed by atoms with Crippen molar-refractivity contribution in [2.24, 2.45) is 0 Å². The predicted octanol–water partition coefficient (Wildman–Crippen LogP) is 2.00. The van der Waals surface area contributed by atoms with E-state index in [-0.39, 0.29) is 0 Å². The minimum Gasteiger partial charge on any atom is -0.389 e. The van der Waals surface area contributed by atoms with Crippen molar-refractivity contribution in [3.63, 3.8) is 0 Å². The van der Waals surface area contributed by atoms with Crippen LogP contribution >= 0.6 is 0 Å². The first-order chi connectivity index (χ1) is 7.92. The first kappa shape index (κ1) is 14.9. The third-order valence-electron chi connectivity index (χ3n) is 3.64. The summed E-state index contributed by atoms with van der Waals surface area (Å²) in [6.45, 7) is 7.91. The minimum atomic E-state index is -0.577. The number of rotatable bonds is 6. The van der Waals surface area contributed by atoms with Crippen molar-refractivity contribution in [2.75, 3.05) is 20.1 Å². The molecular formula is C14H30N2O. The lowest BCUT2D eigenvalue weighted by Gasteiger charge is -2.37. The molecule has 0 radical (unpaired) electrons. The van der Waals surface area contributed by atoms with Crippen LogP contribution in [0.15, 0.2) is 0 Å². The van der Waals surface area contributed by atoms with Gasteiger partial charge in [-0.25, -0.2) is 0 Å². The molecule has 1 saturated carbocycles. The third-order valence-corrected chi connectivity index (χ3v) is 3.64. The molecule has 3 heteroatoms. The average molecular weight is 242 g/mol. The van der Waals surface area contributed by atoms with Gasteiger partial charge in [0.2, 0.25) is 0 Å². The first-order valence-corrected chi connectivity index (χ1v) is 7.08. The van der Waals surface area contributed by atoms with Gasteiger partial charge in [-0.2, -0.15) is 0 Å². The Labute approximate surface area is 107 Å². The summed E-state index contributed by atoms with van der Waals surface area (Å²) in [5, 5.41) is 13.4. The normalized spacial score (nSPS) is 26.5. The van der Waals surface area contributed by atoms with Gasteiger partial charge in [0.05, 0.1) is 5.60 Å². The van der Waals surface area contributed by atoms with E-state index in [2.05, 4.69) is 24.2 Å².